The number of aromatic nitrogens is 2. The number of hydrogen-bond acceptors (Lipinski definition) is 6. The highest BCUT2D eigenvalue weighted by Gasteiger charge is 2.37. The van der Waals surface area contributed by atoms with Crippen molar-refractivity contribution >= 4 is 21.8 Å². The Morgan fingerprint density at radius 2 is 2.00 bits per heavy atom. The van der Waals surface area contributed by atoms with Gasteiger partial charge in [0.2, 0.25) is 17.6 Å². The molecule has 128 valence electrons. The number of benzene rings is 1. The van der Waals surface area contributed by atoms with E-state index >= 15 is 0 Å². The Morgan fingerprint density at radius 1 is 1.33 bits per heavy atom. The molecule has 1 saturated heterocycles. The maximum absolute atomic E-state index is 12.4. The van der Waals surface area contributed by atoms with Crippen molar-refractivity contribution in [2.45, 2.75) is 31.3 Å². The zero-order chi connectivity index (χ0) is 17.2. The Hall–Kier alpha value is -1.77. The van der Waals surface area contributed by atoms with E-state index in [2.05, 4.69) is 31.4 Å². The molecule has 0 spiro atoms. The molecule has 0 aliphatic carbocycles. The number of hydrogen-bond donors (Lipinski definition) is 2. The Bertz CT molecular complexity index is 710. The van der Waals surface area contributed by atoms with Gasteiger partial charge in [-0.1, -0.05) is 21.1 Å². The van der Waals surface area contributed by atoms with E-state index in [0.717, 1.165) is 10.0 Å². The highest BCUT2D eigenvalue weighted by atomic mass is 79.9. The van der Waals surface area contributed by atoms with Crippen LogP contribution in [-0.4, -0.2) is 34.8 Å². The second-order valence-electron chi connectivity index (χ2n) is 5.93. The molecule has 1 atom stereocenters. The van der Waals surface area contributed by atoms with Crippen molar-refractivity contribution in [2.24, 2.45) is 5.73 Å². The van der Waals surface area contributed by atoms with Crippen LogP contribution in [0.25, 0.3) is 11.4 Å². The Kier molecular flexibility index (Phi) is 4.98. The van der Waals surface area contributed by atoms with E-state index in [0.29, 0.717) is 37.8 Å². The third-order valence-corrected chi connectivity index (χ3v) is 4.63. The van der Waals surface area contributed by atoms with Gasteiger partial charge in [-0.3, -0.25) is 4.79 Å². The molecule has 1 aromatic carbocycles. The largest absolute Gasteiger partial charge is 0.381 e. The first-order chi connectivity index (χ1) is 11.5. The number of halogens is 1. The first-order valence-corrected chi connectivity index (χ1v) is 8.54. The zero-order valence-corrected chi connectivity index (χ0v) is 14.9. The molecule has 2 heterocycles. The molecule has 24 heavy (non-hydrogen) atoms. The average Bonchev–Trinajstić information content (AvgIpc) is 3.06. The molecule has 0 saturated carbocycles. The molecule has 3 N–H and O–H groups in total. The minimum Gasteiger partial charge on any atom is -0.381 e. The van der Waals surface area contributed by atoms with Crippen molar-refractivity contribution in [3.63, 3.8) is 0 Å². The summed E-state index contributed by atoms with van der Waals surface area (Å²) in [5.41, 5.74) is 6.11. The van der Waals surface area contributed by atoms with E-state index < -0.39 is 11.6 Å². The van der Waals surface area contributed by atoms with Crippen LogP contribution < -0.4 is 11.1 Å². The molecule has 0 radical (unpaired) electrons. The summed E-state index contributed by atoms with van der Waals surface area (Å²) < 4.78 is 11.5. The van der Waals surface area contributed by atoms with Gasteiger partial charge in [-0.25, -0.2) is 0 Å². The monoisotopic (exact) mass is 394 g/mol. The predicted molar refractivity (Wildman–Crippen MR) is 91.0 cm³/mol. The van der Waals surface area contributed by atoms with Crippen molar-refractivity contribution in [1.82, 2.24) is 15.5 Å². The van der Waals surface area contributed by atoms with Gasteiger partial charge in [0.15, 0.2) is 0 Å². The van der Waals surface area contributed by atoms with Gasteiger partial charge in [-0.2, -0.15) is 4.98 Å². The minimum atomic E-state index is -0.902. The number of amides is 1. The second-order valence-corrected chi connectivity index (χ2v) is 6.84. The van der Waals surface area contributed by atoms with Crippen LogP contribution in [0, 0.1) is 0 Å². The summed E-state index contributed by atoms with van der Waals surface area (Å²) in [6.45, 7) is 2.78. The van der Waals surface area contributed by atoms with Crippen LogP contribution in [0.3, 0.4) is 0 Å². The molecule has 1 fully saturated rings. The maximum Gasteiger partial charge on any atom is 0.249 e. The van der Waals surface area contributed by atoms with Crippen LogP contribution >= 0.6 is 15.9 Å². The fourth-order valence-corrected chi connectivity index (χ4v) is 2.76. The summed E-state index contributed by atoms with van der Waals surface area (Å²) in [6, 6.07) is 7.16. The molecule has 1 unspecified atom stereocenters. The summed E-state index contributed by atoms with van der Waals surface area (Å²) in [4.78, 5) is 16.8. The van der Waals surface area contributed by atoms with Crippen molar-refractivity contribution in [1.29, 1.82) is 0 Å². The van der Waals surface area contributed by atoms with Crippen LogP contribution in [0.4, 0.5) is 0 Å². The summed E-state index contributed by atoms with van der Waals surface area (Å²) in [6.07, 6.45) is 0.999. The molecular formula is C16H19BrN4O3. The van der Waals surface area contributed by atoms with E-state index in [9.17, 15) is 4.79 Å². The first kappa shape index (κ1) is 17.1. The van der Waals surface area contributed by atoms with E-state index in [1.165, 1.54) is 0 Å². The molecule has 2 aromatic rings. The third-order valence-electron chi connectivity index (χ3n) is 4.10. The van der Waals surface area contributed by atoms with Gasteiger partial charge in [-0.15, -0.1) is 0 Å². The summed E-state index contributed by atoms with van der Waals surface area (Å²) in [7, 11) is 0. The van der Waals surface area contributed by atoms with Crippen LogP contribution in [0.5, 0.6) is 0 Å². The number of carbonyl (C=O) groups excluding carboxylic acids is 1. The number of nitrogens with two attached hydrogens (primary N) is 1. The smallest absolute Gasteiger partial charge is 0.249 e. The number of ether oxygens (including phenoxy) is 1. The van der Waals surface area contributed by atoms with Gasteiger partial charge in [0.1, 0.15) is 6.04 Å². The van der Waals surface area contributed by atoms with Gasteiger partial charge >= 0.3 is 0 Å². The van der Waals surface area contributed by atoms with Gasteiger partial charge in [0.05, 0.1) is 5.54 Å². The molecule has 1 amide bonds. The van der Waals surface area contributed by atoms with Gasteiger partial charge in [-0.05, 0) is 44.0 Å². The lowest BCUT2D eigenvalue weighted by Gasteiger charge is -2.32. The highest BCUT2D eigenvalue weighted by molar-refractivity contribution is 9.10. The topological polar surface area (TPSA) is 103 Å². The maximum atomic E-state index is 12.4. The lowest BCUT2D eigenvalue weighted by molar-refractivity contribution is -0.130. The second kappa shape index (κ2) is 7.00. The van der Waals surface area contributed by atoms with Crippen LogP contribution in [0.2, 0.25) is 0 Å². The number of nitrogens with zero attached hydrogens (tertiary/aromatic N) is 2. The SMILES string of the molecule is CC(NC(=O)C1(N)CCOCC1)c1nc(-c2ccc(Br)cc2)no1. The molecule has 7 nitrogen and oxygen atoms in total. The van der Waals surface area contributed by atoms with E-state index in [1.54, 1.807) is 6.92 Å². The van der Waals surface area contributed by atoms with Gasteiger partial charge in [0, 0.05) is 23.2 Å². The van der Waals surface area contributed by atoms with Crippen LogP contribution in [0.15, 0.2) is 33.3 Å². The Labute approximate surface area is 148 Å². The van der Waals surface area contributed by atoms with Crippen molar-refractivity contribution in [3.05, 3.63) is 34.6 Å². The molecule has 1 aromatic heterocycles. The van der Waals surface area contributed by atoms with Gasteiger partial charge < -0.3 is 20.3 Å². The normalized spacial score (nSPS) is 18.1. The summed E-state index contributed by atoms with van der Waals surface area (Å²) >= 11 is 3.38. The molecule has 8 heteroatoms. The van der Waals surface area contributed by atoms with E-state index in [1.807, 2.05) is 24.3 Å². The molecular weight excluding hydrogens is 376 g/mol. The number of nitrogens with one attached hydrogen (secondary N) is 1. The highest BCUT2D eigenvalue weighted by Crippen LogP contribution is 2.22. The first-order valence-electron chi connectivity index (χ1n) is 7.75. The van der Waals surface area contributed by atoms with Crippen LogP contribution in [-0.2, 0) is 9.53 Å². The standard InChI is InChI=1S/C16H19BrN4O3/c1-10(19-15(22)16(18)6-8-23-9-7-16)14-20-13(21-24-14)11-2-4-12(17)5-3-11/h2-5,10H,6-9,18H2,1H3,(H,19,22). The average molecular weight is 395 g/mol. The molecule has 3 rings (SSSR count). The Morgan fingerprint density at radius 3 is 2.67 bits per heavy atom. The van der Waals surface area contributed by atoms with Crippen molar-refractivity contribution < 1.29 is 14.1 Å². The molecule has 1 aliphatic heterocycles. The van der Waals surface area contributed by atoms with Crippen molar-refractivity contribution in [3.8, 4) is 11.4 Å². The lowest BCUT2D eigenvalue weighted by Crippen LogP contribution is -2.57. The molecule has 0 bridgehead atoms. The van der Waals surface area contributed by atoms with E-state index in [4.69, 9.17) is 15.0 Å². The quantitative estimate of drug-likeness (QED) is 0.823. The lowest BCUT2D eigenvalue weighted by atomic mass is 9.90. The Balaban J connectivity index is 1.68. The fraction of sp³-hybridized carbons (Fsp3) is 0.438. The fourth-order valence-electron chi connectivity index (χ4n) is 2.49. The molecule has 1 aliphatic rings. The third kappa shape index (κ3) is 3.66. The minimum absolute atomic E-state index is 0.221. The van der Waals surface area contributed by atoms with E-state index in [-0.39, 0.29) is 5.91 Å². The summed E-state index contributed by atoms with van der Waals surface area (Å²) in [5.74, 6) is 0.603. The number of rotatable bonds is 4. The number of carbonyl (C=O) groups is 1. The zero-order valence-electron chi connectivity index (χ0n) is 13.3. The van der Waals surface area contributed by atoms with Crippen LogP contribution in [0.1, 0.15) is 31.7 Å². The van der Waals surface area contributed by atoms with Gasteiger partial charge in [0.25, 0.3) is 0 Å². The summed E-state index contributed by atoms with van der Waals surface area (Å²) in [5, 5.41) is 6.83. The predicted octanol–water partition coefficient (Wildman–Crippen LogP) is 2.18. The van der Waals surface area contributed by atoms with Crippen molar-refractivity contribution in [2.75, 3.05) is 13.2 Å².